The van der Waals surface area contributed by atoms with Crippen LogP contribution in [-0.4, -0.2) is 38.4 Å². The Morgan fingerprint density at radius 2 is 1.97 bits per heavy atom. The van der Waals surface area contributed by atoms with E-state index in [1.54, 1.807) is 19.1 Å². The van der Waals surface area contributed by atoms with Crippen molar-refractivity contribution in [1.82, 2.24) is 20.1 Å². The highest BCUT2D eigenvalue weighted by Gasteiger charge is 2.20. The van der Waals surface area contributed by atoms with E-state index >= 15 is 0 Å². The Kier molecular flexibility index (Phi) is 8.98. The van der Waals surface area contributed by atoms with Gasteiger partial charge in [0, 0.05) is 30.8 Å². The maximum Gasteiger partial charge on any atom is 0.251 e. The van der Waals surface area contributed by atoms with Crippen LogP contribution in [0.1, 0.15) is 35.1 Å². The first-order chi connectivity index (χ1) is 16.4. The minimum Gasteiger partial charge on any atom is -0.352 e. The minimum atomic E-state index is -0.445. The lowest BCUT2D eigenvalue weighted by Crippen LogP contribution is -2.25. The van der Waals surface area contributed by atoms with Gasteiger partial charge >= 0.3 is 0 Å². The zero-order valence-electron chi connectivity index (χ0n) is 19.3. The van der Waals surface area contributed by atoms with Crippen molar-refractivity contribution in [1.29, 1.82) is 0 Å². The number of benzene rings is 2. The van der Waals surface area contributed by atoms with Crippen LogP contribution in [0.4, 0.5) is 10.1 Å². The van der Waals surface area contributed by atoms with Gasteiger partial charge < -0.3 is 15.2 Å². The summed E-state index contributed by atoms with van der Waals surface area (Å²) in [7, 11) is 0. The molecule has 1 unspecified atom stereocenters. The quantitative estimate of drug-likeness (QED) is 0.241. The second-order valence-corrected chi connectivity index (χ2v) is 9.09. The van der Waals surface area contributed by atoms with Crippen molar-refractivity contribution in [2.75, 3.05) is 11.9 Å². The number of halogens is 1. The van der Waals surface area contributed by atoms with Crippen molar-refractivity contribution < 1.29 is 14.0 Å². The molecule has 3 aromatic rings. The Balaban J connectivity index is 1.54. The Hall–Kier alpha value is -3.46. The highest BCUT2D eigenvalue weighted by atomic mass is 32.2. The number of thioether (sulfide) groups is 1. The second kappa shape index (κ2) is 12.1. The molecule has 0 fully saturated rings. The Bertz CT molecular complexity index is 1150. The molecule has 0 aliphatic carbocycles. The molecule has 1 heterocycles. The van der Waals surface area contributed by atoms with Gasteiger partial charge in [0.2, 0.25) is 5.91 Å². The van der Waals surface area contributed by atoms with Crippen molar-refractivity contribution in [2.45, 2.75) is 43.6 Å². The topological polar surface area (TPSA) is 88.9 Å². The van der Waals surface area contributed by atoms with E-state index in [4.69, 9.17) is 0 Å². The second-order valence-electron chi connectivity index (χ2n) is 7.78. The molecule has 0 spiro atoms. The number of aromatic nitrogens is 3. The minimum absolute atomic E-state index is 0.103. The standard InChI is InChI=1S/C25H28FN5O2S/c1-4-15-31-22(9-6-14-27-24(33)19-8-5-7-17(2)16-19)29-30-25(31)34-18(3)23(32)28-21-12-10-20(26)11-13-21/h4-5,7-8,10-13,16,18H,1,6,9,14-15H2,2-3H3,(H,27,33)(H,28,32). The summed E-state index contributed by atoms with van der Waals surface area (Å²) in [5, 5.41) is 14.4. The predicted octanol–water partition coefficient (Wildman–Crippen LogP) is 4.39. The molecule has 0 saturated heterocycles. The summed E-state index contributed by atoms with van der Waals surface area (Å²) in [4.78, 5) is 24.8. The largest absolute Gasteiger partial charge is 0.352 e. The van der Waals surface area contributed by atoms with Gasteiger partial charge in [-0.05, 0) is 56.7 Å². The number of carbonyl (C=O) groups excluding carboxylic acids is 2. The summed E-state index contributed by atoms with van der Waals surface area (Å²) >= 11 is 1.29. The number of allylic oxidation sites excluding steroid dienone is 1. The van der Waals surface area contributed by atoms with E-state index in [1.807, 2.05) is 29.7 Å². The lowest BCUT2D eigenvalue weighted by atomic mass is 10.1. The van der Waals surface area contributed by atoms with Gasteiger partial charge in [-0.2, -0.15) is 0 Å². The molecule has 0 radical (unpaired) electrons. The van der Waals surface area contributed by atoms with Gasteiger partial charge in [-0.1, -0.05) is 35.5 Å². The molecule has 34 heavy (non-hydrogen) atoms. The summed E-state index contributed by atoms with van der Waals surface area (Å²) in [5.74, 6) is 0.0808. The molecule has 0 aliphatic heterocycles. The van der Waals surface area contributed by atoms with E-state index in [0.717, 1.165) is 11.4 Å². The SMILES string of the molecule is C=CCn1c(CCCNC(=O)c2cccc(C)c2)nnc1SC(C)C(=O)Nc1ccc(F)cc1. The molecule has 1 atom stereocenters. The van der Waals surface area contributed by atoms with Gasteiger partial charge in [-0.3, -0.25) is 9.59 Å². The lowest BCUT2D eigenvalue weighted by molar-refractivity contribution is -0.115. The van der Waals surface area contributed by atoms with E-state index in [1.165, 1.54) is 36.0 Å². The highest BCUT2D eigenvalue weighted by molar-refractivity contribution is 8.00. The van der Waals surface area contributed by atoms with Crippen LogP contribution in [0, 0.1) is 12.7 Å². The van der Waals surface area contributed by atoms with Gasteiger partial charge in [0.15, 0.2) is 5.16 Å². The highest BCUT2D eigenvalue weighted by Crippen LogP contribution is 2.24. The van der Waals surface area contributed by atoms with E-state index in [9.17, 15) is 14.0 Å². The summed E-state index contributed by atoms with van der Waals surface area (Å²) in [6.07, 6.45) is 3.06. The van der Waals surface area contributed by atoms with Crippen LogP contribution in [0.25, 0.3) is 0 Å². The van der Waals surface area contributed by atoms with Gasteiger partial charge in [0.25, 0.3) is 5.91 Å². The van der Waals surface area contributed by atoms with Gasteiger partial charge in [0.1, 0.15) is 11.6 Å². The zero-order valence-corrected chi connectivity index (χ0v) is 20.1. The number of amides is 2. The van der Waals surface area contributed by atoms with Gasteiger partial charge in [0.05, 0.1) is 5.25 Å². The van der Waals surface area contributed by atoms with Crippen LogP contribution >= 0.6 is 11.8 Å². The average molecular weight is 482 g/mol. The molecule has 0 aliphatic rings. The fourth-order valence-electron chi connectivity index (χ4n) is 3.23. The van der Waals surface area contributed by atoms with Crippen molar-refractivity contribution in [3.05, 3.63) is 84.0 Å². The monoisotopic (exact) mass is 481 g/mol. The Labute approximate surface area is 202 Å². The maximum absolute atomic E-state index is 13.1. The number of rotatable bonds is 11. The van der Waals surface area contributed by atoms with Crippen molar-refractivity contribution >= 4 is 29.3 Å². The number of hydrogen-bond donors (Lipinski definition) is 2. The Morgan fingerprint density at radius 1 is 1.21 bits per heavy atom. The number of anilines is 1. The van der Waals surface area contributed by atoms with Crippen LogP contribution in [-0.2, 0) is 17.8 Å². The molecular formula is C25H28FN5O2S. The lowest BCUT2D eigenvalue weighted by Gasteiger charge is -2.13. The fraction of sp³-hybridized carbons (Fsp3) is 0.280. The van der Waals surface area contributed by atoms with Crippen molar-refractivity contribution in [3.8, 4) is 0 Å². The number of nitrogens with zero attached hydrogens (tertiary/aromatic N) is 3. The van der Waals surface area contributed by atoms with E-state index < -0.39 is 5.25 Å². The van der Waals surface area contributed by atoms with Gasteiger partial charge in [-0.25, -0.2) is 4.39 Å². The Morgan fingerprint density at radius 3 is 2.68 bits per heavy atom. The average Bonchev–Trinajstić information content (AvgIpc) is 3.19. The van der Waals surface area contributed by atoms with Gasteiger partial charge in [-0.15, -0.1) is 16.8 Å². The van der Waals surface area contributed by atoms with Crippen LogP contribution in [0.2, 0.25) is 0 Å². The third-order valence-electron chi connectivity index (χ3n) is 5.01. The molecule has 178 valence electrons. The van der Waals surface area contributed by atoms with Crippen LogP contribution in [0.15, 0.2) is 66.3 Å². The molecule has 2 amide bonds. The molecule has 2 aromatic carbocycles. The fourth-order valence-corrected chi connectivity index (χ4v) is 4.11. The number of carbonyl (C=O) groups is 2. The maximum atomic E-state index is 13.1. The van der Waals surface area contributed by atoms with Crippen LogP contribution in [0.5, 0.6) is 0 Å². The molecule has 1 aromatic heterocycles. The third-order valence-corrected chi connectivity index (χ3v) is 6.09. The van der Waals surface area contributed by atoms with E-state index in [2.05, 4.69) is 27.4 Å². The number of hydrogen-bond acceptors (Lipinski definition) is 5. The summed E-state index contributed by atoms with van der Waals surface area (Å²) < 4.78 is 15.0. The van der Waals surface area contributed by atoms with E-state index in [-0.39, 0.29) is 17.6 Å². The molecule has 3 rings (SSSR count). The normalized spacial score (nSPS) is 11.6. The first-order valence-electron chi connectivity index (χ1n) is 11.0. The molecule has 9 heteroatoms. The smallest absolute Gasteiger partial charge is 0.251 e. The number of nitrogens with one attached hydrogen (secondary N) is 2. The third kappa shape index (κ3) is 7.02. The zero-order chi connectivity index (χ0) is 24.5. The summed E-state index contributed by atoms with van der Waals surface area (Å²) in [6.45, 7) is 8.54. The van der Waals surface area contributed by atoms with E-state index in [0.29, 0.717) is 42.3 Å². The molecule has 0 saturated carbocycles. The van der Waals surface area contributed by atoms with Crippen molar-refractivity contribution in [2.24, 2.45) is 0 Å². The number of aryl methyl sites for hydroxylation is 2. The van der Waals surface area contributed by atoms with Crippen LogP contribution in [0.3, 0.4) is 0 Å². The summed E-state index contributed by atoms with van der Waals surface area (Å²) in [6, 6.07) is 13.1. The first kappa shape index (κ1) is 25.2. The molecule has 2 N–H and O–H groups in total. The summed E-state index contributed by atoms with van der Waals surface area (Å²) in [5.41, 5.74) is 2.21. The molecule has 0 bridgehead atoms. The molecule has 7 nitrogen and oxygen atoms in total. The molecular weight excluding hydrogens is 453 g/mol. The van der Waals surface area contributed by atoms with Crippen LogP contribution < -0.4 is 10.6 Å². The first-order valence-corrected chi connectivity index (χ1v) is 11.9. The predicted molar refractivity (Wildman–Crippen MR) is 132 cm³/mol. The van der Waals surface area contributed by atoms with Crippen molar-refractivity contribution in [3.63, 3.8) is 0 Å².